The lowest BCUT2D eigenvalue weighted by atomic mass is 9.93. The molecule has 1 heterocycles. The Morgan fingerprint density at radius 3 is 2.33 bits per heavy atom. The van der Waals surface area contributed by atoms with Crippen molar-refractivity contribution in [2.24, 2.45) is 12.0 Å². The van der Waals surface area contributed by atoms with Gasteiger partial charge >= 0.3 is 6.09 Å². The molecule has 0 bridgehead atoms. The van der Waals surface area contributed by atoms with Crippen molar-refractivity contribution in [2.75, 3.05) is 13.1 Å². The van der Waals surface area contributed by atoms with Gasteiger partial charge in [0.1, 0.15) is 5.60 Å². The maximum atomic E-state index is 12.3. The molecular weight excluding hydrogens is 342 g/mol. The van der Waals surface area contributed by atoms with Crippen molar-refractivity contribution in [1.29, 1.82) is 0 Å². The molecule has 0 aliphatic carbocycles. The molecule has 0 aromatic carbocycles. The normalized spacial score (nSPS) is 12.6. The lowest BCUT2D eigenvalue weighted by molar-refractivity contribution is 0.0448. The summed E-state index contributed by atoms with van der Waals surface area (Å²) in [5.41, 5.74) is 0.237. The molecule has 0 aliphatic heterocycles. The van der Waals surface area contributed by atoms with Gasteiger partial charge in [-0.2, -0.15) is 0 Å². The highest BCUT2D eigenvalue weighted by molar-refractivity contribution is 5.80. The average Bonchev–Trinajstić information content (AvgIpc) is 3.00. The zero-order chi connectivity index (χ0) is 20.5. The minimum absolute atomic E-state index is 0.390. The number of guanidine groups is 1. The number of nitrogens with one attached hydrogen (secondary N) is 3. The largest absolute Gasteiger partial charge is 0.444 e. The molecule has 1 rings (SSSR count). The van der Waals surface area contributed by atoms with Crippen molar-refractivity contribution in [1.82, 2.24) is 20.5 Å². The summed E-state index contributed by atoms with van der Waals surface area (Å²) in [5.74, 6) is 0.735. The van der Waals surface area contributed by atoms with Gasteiger partial charge in [0, 0.05) is 32.5 Å². The molecule has 0 radical (unpaired) electrons. The molecule has 0 atom stereocenters. The van der Waals surface area contributed by atoms with Crippen LogP contribution in [0.2, 0.25) is 0 Å². The number of aromatic nitrogens is 1. The number of hydrogen-bond acceptors (Lipinski definition) is 3. The fourth-order valence-electron chi connectivity index (χ4n) is 2.66. The molecule has 0 fully saturated rings. The van der Waals surface area contributed by atoms with E-state index < -0.39 is 11.1 Å². The maximum Gasteiger partial charge on any atom is 0.408 e. The van der Waals surface area contributed by atoms with Gasteiger partial charge in [-0.1, -0.05) is 13.8 Å². The van der Waals surface area contributed by atoms with Crippen LogP contribution in [0.25, 0.3) is 0 Å². The highest BCUT2D eigenvalue weighted by Crippen LogP contribution is 2.16. The van der Waals surface area contributed by atoms with E-state index in [4.69, 9.17) is 4.74 Å². The van der Waals surface area contributed by atoms with E-state index in [1.54, 1.807) is 0 Å². The first-order chi connectivity index (χ1) is 12.6. The van der Waals surface area contributed by atoms with Crippen molar-refractivity contribution < 1.29 is 9.53 Å². The Bertz CT molecular complexity index is 612. The number of amides is 1. The van der Waals surface area contributed by atoms with E-state index in [0.29, 0.717) is 13.1 Å². The van der Waals surface area contributed by atoms with E-state index in [-0.39, 0.29) is 6.09 Å². The number of aryl methyl sites for hydroxylation is 1. The Morgan fingerprint density at radius 1 is 1.19 bits per heavy atom. The van der Waals surface area contributed by atoms with Crippen LogP contribution in [0, 0.1) is 0 Å². The minimum Gasteiger partial charge on any atom is -0.444 e. The number of nitrogens with zero attached hydrogens (tertiary/aromatic N) is 2. The van der Waals surface area contributed by atoms with Crippen molar-refractivity contribution >= 4 is 12.1 Å². The molecule has 0 aliphatic rings. The van der Waals surface area contributed by atoms with E-state index in [2.05, 4.69) is 47.1 Å². The Hall–Kier alpha value is -2.18. The second-order valence-electron chi connectivity index (χ2n) is 7.85. The second kappa shape index (κ2) is 10.2. The molecule has 7 heteroatoms. The van der Waals surface area contributed by atoms with Gasteiger partial charge < -0.3 is 25.3 Å². The van der Waals surface area contributed by atoms with Crippen molar-refractivity contribution in [3.63, 3.8) is 0 Å². The SMILES string of the molecule is CCNC(=NCc1ccn(C)c1)NCC(CC)(CC)NC(=O)OC(C)(C)C. The van der Waals surface area contributed by atoms with Crippen molar-refractivity contribution in [3.05, 3.63) is 24.0 Å². The number of rotatable bonds is 8. The summed E-state index contributed by atoms with van der Waals surface area (Å²) >= 11 is 0. The number of carbonyl (C=O) groups excluding carboxylic acids is 1. The Balaban J connectivity index is 2.76. The number of ether oxygens (including phenoxy) is 1. The third-order valence-electron chi connectivity index (χ3n) is 4.37. The van der Waals surface area contributed by atoms with Crippen LogP contribution in [0.1, 0.15) is 59.9 Å². The van der Waals surface area contributed by atoms with Crippen LogP contribution in [-0.2, 0) is 18.3 Å². The molecular formula is C20H37N5O2. The van der Waals surface area contributed by atoms with Gasteiger partial charge in [0.25, 0.3) is 0 Å². The zero-order valence-electron chi connectivity index (χ0n) is 18.0. The fourth-order valence-corrected chi connectivity index (χ4v) is 2.66. The predicted molar refractivity (Wildman–Crippen MR) is 111 cm³/mol. The van der Waals surface area contributed by atoms with Crippen LogP contribution in [0.4, 0.5) is 4.79 Å². The van der Waals surface area contributed by atoms with Gasteiger partial charge in [-0.15, -0.1) is 0 Å². The molecule has 27 heavy (non-hydrogen) atoms. The van der Waals surface area contributed by atoms with Gasteiger partial charge in [-0.05, 0) is 52.2 Å². The number of hydrogen-bond donors (Lipinski definition) is 3. The number of aliphatic imine (C=N–C) groups is 1. The zero-order valence-corrected chi connectivity index (χ0v) is 18.0. The van der Waals surface area contributed by atoms with Crippen LogP contribution < -0.4 is 16.0 Å². The molecule has 7 nitrogen and oxygen atoms in total. The monoisotopic (exact) mass is 379 g/mol. The first-order valence-corrected chi connectivity index (χ1v) is 9.77. The highest BCUT2D eigenvalue weighted by Gasteiger charge is 2.30. The van der Waals surface area contributed by atoms with E-state index >= 15 is 0 Å². The quantitative estimate of drug-likeness (QED) is 0.479. The predicted octanol–water partition coefficient (Wildman–Crippen LogP) is 3.16. The van der Waals surface area contributed by atoms with Crippen molar-refractivity contribution in [3.8, 4) is 0 Å². The van der Waals surface area contributed by atoms with Gasteiger partial charge in [0.15, 0.2) is 5.96 Å². The molecule has 1 amide bonds. The Kier molecular flexibility index (Phi) is 8.66. The topological polar surface area (TPSA) is 79.7 Å². The summed E-state index contributed by atoms with van der Waals surface area (Å²) in [6.07, 6.45) is 5.25. The molecule has 0 saturated carbocycles. The lowest BCUT2D eigenvalue weighted by Crippen LogP contribution is -2.57. The standard InChI is InChI=1S/C20H37N5O2/c1-8-20(9-2,24-18(26)27-19(4,5)6)15-23-17(21-10-3)22-13-16-11-12-25(7)14-16/h11-12,14H,8-10,13,15H2,1-7H3,(H,24,26)(H2,21,22,23). The summed E-state index contributed by atoms with van der Waals surface area (Å²) in [4.78, 5) is 16.9. The van der Waals surface area contributed by atoms with E-state index in [1.807, 2.05) is 45.5 Å². The molecule has 1 aromatic rings. The summed E-state index contributed by atoms with van der Waals surface area (Å²) in [6.45, 7) is 13.7. The molecule has 0 unspecified atom stereocenters. The maximum absolute atomic E-state index is 12.3. The third kappa shape index (κ3) is 8.37. The molecule has 0 saturated heterocycles. The van der Waals surface area contributed by atoms with E-state index in [1.165, 1.54) is 0 Å². The fraction of sp³-hybridized carbons (Fsp3) is 0.700. The van der Waals surface area contributed by atoms with Crippen LogP contribution in [0.5, 0.6) is 0 Å². The van der Waals surface area contributed by atoms with E-state index in [0.717, 1.165) is 30.9 Å². The van der Waals surface area contributed by atoms with Crippen LogP contribution in [0.3, 0.4) is 0 Å². The summed E-state index contributed by atoms with van der Waals surface area (Å²) in [5, 5.41) is 9.68. The van der Waals surface area contributed by atoms with Gasteiger partial charge in [0.2, 0.25) is 0 Å². The smallest absolute Gasteiger partial charge is 0.408 e. The molecule has 1 aromatic heterocycles. The van der Waals surface area contributed by atoms with Gasteiger partial charge in [0.05, 0.1) is 12.1 Å². The van der Waals surface area contributed by atoms with Gasteiger partial charge in [-0.3, -0.25) is 0 Å². The van der Waals surface area contributed by atoms with Gasteiger partial charge in [-0.25, -0.2) is 9.79 Å². The van der Waals surface area contributed by atoms with E-state index in [9.17, 15) is 4.79 Å². The summed E-state index contributed by atoms with van der Waals surface area (Å²) < 4.78 is 7.44. The lowest BCUT2D eigenvalue weighted by Gasteiger charge is -2.34. The van der Waals surface area contributed by atoms with Crippen LogP contribution >= 0.6 is 0 Å². The summed E-state index contributed by atoms with van der Waals surface area (Å²) in [6, 6.07) is 2.06. The third-order valence-corrected chi connectivity index (χ3v) is 4.37. The first-order valence-electron chi connectivity index (χ1n) is 9.77. The second-order valence-corrected chi connectivity index (χ2v) is 7.85. The first kappa shape index (κ1) is 22.9. The minimum atomic E-state index is -0.517. The number of carbonyl (C=O) groups is 1. The Labute approximate surface area is 164 Å². The highest BCUT2D eigenvalue weighted by atomic mass is 16.6. The van der Waals surface area contributed by atoms with Crippen molar-refractivity contribution in [2.45, 2.75) is 72.1 Å². The van der Waals surface area contributed by atoms with Crippen LogP contribution in [0.15, 0.2) is 23.5 Å². The number of alkyl carbamates (subject to hydrolysis) is 1. The molecule has 154 valence electrons. The molecule has 3 N–H and O–H groups in total. The van der Waals surface area contributed by atoms with Crippen LogP contribution in [-0.4, -0.2) is 40.8 Å². The summed E-state index contributed by atoms with van der Waals surface area (Å²) in [7, 11) is 2.00. The average molecular weight is 380 g/mol. The molecule has 0 spiro atoms. The Morgan fingerprint density at radius 2 is 1.85 bits per heavy atom.